The molecule has 1 aliphatic rings. The molecule has 1 aromatic heterocycles. The minimum absolute atomic E-state index is 0.136. The minimum atomic E-state index is 0.136. The van der Waals surface area contributed by atoms with E-state index in [1.165, 1.54) is 17.7 Å². The van der Waals surface area contributed by atoms with Gasteiger partial charge in [-0.05, 0) is 24.3 Å². The first kappa shape index (κ1) is 8.23. The van der Waals surface area contributed by atoms with E-state index in [0.29, 0.717) is 0 Å². The predicted molar refractivity (Wildman–Crippen MR) is 52.2 cm³/mol. The second-order valence-electron chi connectivity index (χ2n) is 3.55. The minimum Gasteiger partial charge on any atom is -0.324 e. The summed E-state index contributed by atoms with van der Waals surface area (Å²) in [6.45, 7) is 1.93. The van der Waals surface area contributed by atoms with E-state index in [4.69, 9.17) is 5.73 Å². The van der Waals surface area contributed by atoms with Crippen molar-refractivity contribution in [2.75, 3.05) is 6.54 Å². The number of nitrogens with one attached hydrogen (secondary N) is 1. The summed E-state index contributed by atoms with van der Waals surface area (Å²) in [5.41, 5.74) is 6.06. The maximum atomic E-state index is 5.93. The van der Waals surface area contributed by atoms with Crippen LogP contribution < -0.4 is 11.1 Å². The lowest BCUT2D eigenvalue weighted by atomic mass is 10.3. The van der Waals surface area contributed by atoms with E-state index in [2.05, 4.69) is 22.8 Å². The second-order valence-corrected chi connectivity index (χ2v) is 4.58. The first-order valence-electron chi connectivity index (χ1n) is 4.31. The monoisotopic (exact) mass is 182 g/mol. The van der Waals surface area contributed by atoms with Gasteiger partial charge in [-0.3, -0.25) is 0 Å². The maximum Gasteiger partial charge on any atom is 0.0300 e. The summed E-state index contributed by atoms with van der Waals surface area (Å²) in [6, 6.07) is 4.23. The Kier molecular flexibility index (Phi) is 2.17. The molecular formula is C9H14N2S. The Hall–Kier alpha value is -0.380. The van der Waals surface area contributed by atoms with Crippen LogP contribution in [0.4, 0.5) is 0 Å². The molecule has 0 saturated heterocycles. The zero-order valence-electron chi connectivity index (χ0n) is 7.05. The van der Waals surface area contributed by atoms with Crippen LogP contribution in [0, 0.1) is 0 Å². The van der Waals surface area contributed by atoms with E-state index in [1.54, 1.807) is 11.3 Å². The molecule has 3 heteroatoms. The quantitative estimate of drug-likeness (QED) is 0.737. The summed E-state index contributed by atoms with van der Waals surface area (Å²) >= 11 is 1.79. The number of nitrogens with two attached hydrogens (primary N) is 1. The number of thiophene rings is 1. The molecule has 0 spiro atoms. The molecular weight excluding hydrogens is 168 g/mol. The van der Waals surface area contributed by atoms with Crippen LogP contribution in [0.3, 0.4) is 0 Å². The van der Waals surface area contributed by atoms with Gasteiger partial charge in [-0.1, -0.05) is 6.07 Å². The van der Waals surface area contributed by atoms with Gasteiger partial charge < -0.3 is 11.1 Å². The van der Waals surface area contributed by atoms with Crippen LogP contribution in [0.5, 0.6) is 0 Å². The van der Waals surface area contributed by atoms with Gasteiger partial charge in [0.1, 0.15) is 0 Å². The number of hydrogen-bond donors (Lipinski definition) is 2. The summed E-state index contributed by atoms with van der Waals surface area (Å²) in [4.78, 5) is 1.39. The smallest absolute Gasteiger partial charge is 0.0300 e. The van der Waals surface area contributed by atoms with Crippen LogP contribution in [0.1, 0.15) is 17.7 Å². The first-order chi connectivity index (χ1) is 5.79. The fourth-order valence-electron chi connectivity index (χ4n) is 1.19. The molecule has 0 aromatic carbocycles. The van der Waals surface area contributed by atoms with Gasteiger partial charge in [-0.25, -0.2) is 0 Å². The molecule has 1 saturated carbocycles. The summed E-state index contributed by atoms with van der Waals surface area (Å²) in [6.07, 6.45) is 2.37. The van der Waals surface area contributed by atoms with Gasteiger partial charge in [0.2, 0.25) is 0 Å². The van der Waals surface area contributed by atoms with Crippen molar-refractivity contribution in [3.05, 3.63) is 22.4 Å². The molecule has 0 radical (unpaired) electrons. The Morgan fingerprint density at radius 2 is 2.42 bits per heavy atom. The van der Waals surface area contributed by atoms with Crippen LogP contribution >= 0.6 is 11.3 Å². The fourth-order valence-corrected chi connectivity index (χ4v) is 1.86. The van der Waals surface area contributed by atoms with E-state index in [1.807, 2.05) is 0 Å². The Morgan fingerprint density at radius 1 is 1.58 bits per heavy atom. The van der Waals surface area contributed by atoms with Crippen molar-refractivity contribution in [2.45, 2.75) is 24.9 Å². The molecule has 0 unspecified atom stereocenters. The third-order valence-electron chi connectivity index (χ3n) is 2.25. The lowest BCUT2D eigenvalue weighted by Crippen LogP contribution is -2.35. The van der Waals surface area contributed by atoms with Gasteiger partial charge in [0.05, 0.1) is 0 Å². The third-order valence-corrected chi connectivity index (χ3v) is 3.13. The van der Waals surface area contributed by atoms with E-state index in [0.717, 1.165) is 13.1 Å². The highest BCUT2D eigenvalue weighted by atomic mass is 32.1. The van der Waals surface area contributed by atoms with E-state index < -0.39 is 0 Å². The van der Waals surface area contributed by atoms with Crippen LogP contribution in [-0.4, -0.2) is 12.1 Å². The zero-order chi connectivity index (χ0) is 8.44. The average molecular weight is 182 g/mol. The summed E-state index contributed by atoms with van der Waals surface area (Å²) in [7, 11) is 0. The van der Waals surface area contributed by atoms with Crippen molar-refractivity contribution in [1.82, 2.24) is 5.32 Å². The summed E-state index contributed by atoms with van der Waals surface area (Å²) in [5, 5.41) is 5.48. The Labute approximate surface area is 76.8 Å². The normalized spacial score (nSPS) is 19.4. The molecule has 12 heavy (non-hydrogen) atoms. The zero-order valence-corrected chi connectivity index (χ0v) is 7.86. The number of hydrogen-bond acceptors (Lipinski definition) is 3. The lowest BCUT2D eigenvalue weighted by molar-refractivity contribution is 0.572. The third kappa shape index (κ3) is 2.06. The Morgan fingerprint density at radius 3 is 3.00 bits per heavy atom. The van der Waals surface area contributed by atoms with Crippen molar-refractivity contribution in [3.8, 4) is 0 Å². The standard InChI is InChI=1S/C9H14N2S/c10-9(3-4-9)7-11-6-8-2-1-5-12-8/h1-2,5,11H,3-4,6-7,10H2. The van der Waals surface area contributed by atoms with Crippen LogP contribution in [0.2, 0.25) is 0 Å². The molecule has 0 bridgehead atoms. The Bertz CT molecular complexity index is 239. The molecule has 2 nitrogen and oxygen atoms in total. The molecule has 0 aliphatic heterocycles. The van der Waals surface area contributed by atoms with Crippen molar-refractivity contribution >= 4 is 11.3 Å². The molecule has 1 fully saturated rings. The van der Waals surface area contributed by atoms with Crippen molar-refractivity contribution < 1.29 is 0 Å². The maximum absolute atomic E-state index is 5.93. The largest absolute Gasteiger partial charge is 0.324 e. The van der Waals surface area contributed by atoms with E-state index in [-0.39, 0.29) is 5.54 Å². The van der Waals surface area contributed by atoms with Crippen molar-refractivity contribution in [1.29, 1.82) is 0 Å². The second kappa shape index (κ2) is 3.17. The average Bonchev–Trinajstić information content (AvgIpc) is 2.61. The lowest BCUT2D eigenvalue weighted by Gasteiger charge is -2.08. The highest BCUT2D eigenvalue weighted by Gasteiger charge is 2.37. The van der Waals surface area contributed by atoms with Gasteiger partial charge in [0, 0.05) is 23.5 Å². The van der Waals surface area contributed by atoms with E-state index >= 15 is 0 Å². The molecule has 3 N–H and O–H groups in total. The van der Waals surface area contributed by atoms with Gasteiger partial charge in [0.15, 0.2) is 0 Å². The highest BCUT2D eigenvalue weighted by molar-refractivity contribution is 7.09. The van der Waals surface area contributed by atoms with Crippen LogP contribution in [0.25, 0.3) is 0 Å². The summed E-state index contributed by atoms with van der Waals surface area (Å²) < 4.78 is 0. The molecule has 0 atom stereocenters. The van der Waals surface area contributed by atoms with Gasteiger partial charge in [-0.15, -0.1) is 11.3 Å². The molecule has 66 valence electrons. The van der Waals surface area contributed by atoms with Gasteiger partial charge in [0.25, 0.3) is 0 Å². The van der Waals surface area contributed by atoms with Crippen LogP contribution in [0.15, 0.2) is 17.5 Å². The fraction of sp³-hybridized carbons (Fsp3) is 0.556. The molecule has 2 rings (SSSR count). The molecule has 1 aromatic rings. The highest BCUT2D eigenvalue weighted by Crippen LogP contribution is 2.31. The predicted octanol–water partition coefficient (Wildman–Crippen LogP) is 1.33. The van der Waals surface area contributed by atoms with Crippen LogP contribution in [-0.2, 0) is 6.54 Å². The van der Waals surface area contributed by atoms with E-state index in [9.17, 15) is 0 Å². The first-order valence-corrected chi connectivity index (χ1v) is 5.18. The van der Waals surface area contributed by atoms with Gasteiger partial charge >= 0.3 is 0 Å². The molecule has 1 heterocycles. The van der Waals surface area contributed by atoms with Crippen molar-refractivity contribution in [2.24, 2.45) is 5.73 Å². The summed E-state index contributed by atoms with van der Waals surface area (Å²) in [5.74, 6) is 0. The SMILES string of the molecule is NC1(CNCc2cccs2)CC1. The Balaban J connectivity index is 1.69. The van der Waals surface area contributed by atoms with Crippen molar-refractivity contribution in [3.63, 3.8) is 0 Å². The topological polar surface area (TPSA) is 38.0 Å². The van der Waals surface area contributed by atoms with Gasteiger partial charge in [-0.2, -0.15) is 0 Å². The number of rotatable bonds is 4. The molecule has 1 aliphatic carbocycles. The molecule has 0 amide bonds.